The number of aryl methyl sites for hydroxylation is 1. The molecule has 5 rings (SSSR count). The van der Waals surface area contributed by atoms with E-state index in [1.807, 2.05) is 16.5 Å². The number of benzene rings is 1. The maximum atomic E-state index is 12.7. The highest BCUT2D eigenvalue weighted by Gasteiger charge is 2.56. The van der Waals surface area contributed by atoms with Crippen LogP contribution in [-0.2, 0) is 7.05 Å². The van der Waals surface area contributed by atoms with Crippen LogP contribution in [0.25, 0.3) is 16.7 Å². The molecule has 0 spiro atoms. The molecule has 1 saturated heterocycles. The van der Waals surface area contributed by atoms with E-state index in [2.05, 4.69) is 35.9 Å². The summed E-state index contributed by atoms with van der Waals surface area (Å²) in [7, 11) is 1.74. The topological polar surface area (TPSA) is 55.4 Å². The number of nitrogens with zero attached hydrogens (tertiary/aromatic N) is 5. The molecular weight excluding hydrogens is 362 g/mol. The minimum atomic E-state index is -0.106. The smallest absolute Gasteiger partial charge is 0.262 e. The minimum Gasteiger partial charge on any atom is -0.340 e. The van der Waals surface area contributed by atoms with Crippen molar-refractivity contribution in [1.82, 2.24) is 19.2 Å². The molecule has 0 radical (unpaired) electrons. The van der Waals surface area contributed by atoms with Crippen molar-refractivity contribution in [3.63, 3.8) is 0 Å². The monoisotopic (exact) mass is 385 g/mol. The molecular formula is C20H24ClN5O. The van der Waals surface area contributed by atoms with Crippen molar-refractivity contribution in [1.29, 1.82) is 0 Å². The highest BCUT2D eigenvalue weighted by atomic mass is 35.5. The van der Waals surface area contributed by atoms with Gasteiger partial charge in [-0.25, -0.2) is 4.40 Å². The van der Waals surface area contributed by atoms with E-state index in [0.29, 0.717) is 27.5 Å². The summed E-state index contributed by atoms with van der Waals surface area (Å²) >= 11 is 6.15. The Balaban J connectivity index is 1.74. The highest BCUT2D eigenvalue weighted by molar-refractivity contribution is 6.31. The number of halogens is 1. The lowest BCUT2D eigenvalue weighted by Gasteiger charge is -2.50. The molecule has 2 aliphatic rings. The van der Waals surface area contributed by atoms with E-state index in [0.717, 1.165) is 24.6 Å². The second kappa shape index (κ2) is 5.25. The Morgan fingerprint density at radius 3 is 2.74 bits per heavy atom. The van der Waals surface area contributed by atoms with Crippen LogP contribution >= 0.6 is 11.6 Å². The van der Waals surface area contributed by atoms with Crippen molar-refractivity contribution in [3.8, 4) is 0 Å². The number of rotatable bonds is 1. The Kier molecular flexibility index (Phi) is 3.32. The van der Waals surface area contributed by atoms with Gasteiger partial charge in [-0.2, -0.15) is 0 Å². The van der Waals surface area contributed by atoms with Crippen molar-refractivity contribution >= 4 is 34.2 Å². The van der Waals surface area contributed by atoms with Crippen LogP contribution in [0.2, 0.25) is 5.02 Å². The lowest BCUT2D eigenvalue weighted by atomic mass is 9.63. The van der Waals surface area contributed by atoms with Crippen molar-refractivity contribution < 1.29 is 0 Å². The summed E-state index contributed by atoms with van der Waals surface area (Å²) in [5.41, 5.74) is 1.28. The Hall–Kier alpha value is -2.08. The van der Waals surface area contributed by atoms with Crippen LogP contribution in [0.15, 0.2) is 23.0 Å². The van der Waals surface area contributed by atoms with Crippen LogP contribution in [0.5, 0.6) is 0 Å². The predicted molar refractivity (Wildman–Crippen MR) is 108 cm³/mol. The van der Waals surface area contributed by atoms with Gasteiger partial charge in [-0.15, -0.1) is 10.2 Å². The van der Waals surface area contributed by atoms with Gasteiger partial charge in [-0.3, -0.25) is 9.36 Å². The second-order valence-corrected chi connectivity index (χ2v) is 9.50. The molecule has 1 aliphatic carbocycles. The SMILES string of the molecule is Cn1c(=O)c2cc(Cl)ccc2n2c(N3CC4CCC(C)(C3)C4(C)C)nnc12. The van der Waals surface area contributed by atoms with Crippen molar-refractivity contribution in [2.45, 2.75) is 33.6 Å². The number of hydrogen-bond acceptors (Lipinski definition) is 4. The van der Waals surface area contributed by atoms with Crippen LogP contribution in [0.3, 0.4) is 0 Å². The van der Waals surface area contributed by atoms with Crippen LogP contribution < -0.4 is 10.5 Å². The first-order valence-electron chi connectivity index (χ1n) is 9.51. The molecule has 3 aromatic rings. The van der Waals surface area contributed by atoms with E-state index in [1.165, 1.54) is 12.8 Å². The Morgan fingerprint density at radius 2 is 2.00 bits per heavy atom. The molecule has 2 atom stereocenters. The molecule has 0 amide bonds. The normalized spacial score (nSPS) is 27.0. The number of anilines is 1. The van der Waals surface area contributed by atoms with Crippen molar-refractivity contribution in [2.75, 3.05) is 18.0 Å². The van der Waals surface area contributed by atoms with Gasteiger partial charge in [0.2, 0.25) is 11.7 Å². The van der Waals surface area contributed by atoms with Crippen LogP contribution in [-0.4, -0.2) is 32.3 Å². The maximum absolute atomic E-state index is 12.7. The van der Waals surface area contributed by atoms with E-state index < -0.39 is 0 Å². The standard InChI is InChI=1S/C20H24ClN5O/c1-19(2)12-7-8-20(19,3)11-25(10-12)18-23-22-17-24(4)16(27)14-9-13(21)5-6-15(14)26(17)18/h5-6,9,12H,7-8,10-11H2,1-4H3. The molecule has 7 heteroatoms. The van der Waals surface area contributed by atoms with E-state index >= 15 is 0 Å². The average molecular weight is 386 g/mol. The van der Waals surface area contributed by atoms with Gasteiger partial charge < -0.3 is 4.90 Å². The van der Waals surface area contributed by atoms with Gasteiger partial charge in [0.1, 0.15) is 0 Å². The molecule has 2 bridgehead atoms. The van der Waals surface area contributed by atoms with Gasteiger partial charge in [0.15, 0.2) is 0 Å². The zero-order valence-corrected chi connectivity index (χ0v) is 16.9. The quantitative estimate of drug-likeness (QED) is 0.643. The van der Waals surface area contributed by atoms with Gasteiger partial charge >= 0.3 is 0 Å². The lowest BCUT2D eigenvalue weighted by molar-refractivity contribution is 0.0690. The number of fused-ring (bicyclic) bond motifs is 5. The summed E-state index contributed by atoms with van der Waals surface area (Å²) in [6, 6.07) is 5.44. The number of hydrogen-bond donors (Lipinski definition) is 0. The molecule has 27 heavy (non-hydrogen) atoms. The summed E-state index contributed by atoms with van der Waals surface area (Å²) in [6.07, 6.45) is 2.50. The molecule has 0 N–H and O–H groups in total. The molecule has 3 heterocycles. The van der Waals surface area contributed by atoms with Crippen molar-refractivity contribution in [2.24, 2.45) is 23.8 Å². The third-order valence-corrected chi connectivity index (χ3v) is 7.78. The van der Waals surface area contributed by atoms with Gasteiger partial charge in [-0.05, 0) is 47.8 Å². The zero-order valence-electron chi connectivity index (χ0n) is 16.2. The third kappa shape index (κ3) is 2.10. The first-order valence-corrected chi connectivity index (χ1v) is 9.89. The molecule has 142 valence electrons. The van der Waals surface area contributed by atoms with Crippen LogP contribution in [0.1, 0.15) is 33.6 Å². The van der Waals surface area contributed by atoms with E-state index in [-0.39, 0.29) is 11.0 Å². The molecule has 2 fully saturated rings. The van der Waals surface area contributed by atoms with Crippen molar-refractivity contribution in [3.05, 3.63) is 33.6 Å². The third-order valence-electron chi connectivity index (χ3n) is 7.55. The van der Waals surface area contributed by atoms with E-state index in [4.69, 9.17) is 11.6 Å². The minimum absolute atomic E-state index is 0.106. The predicted octanol–water partition coefficient (Wildman–Crippen LogP) is 3.50. The summed E-state index contributed by atoms with van der Waals surface area (Å²) in [5, 5.41) is 10.0. The molecule has 1 aliphatic heterocycles. The number of piperidine rings is 1. The van der Waals surface area contributed by atoms with E-state index in [9.17, 15) is 4.79 Å². The summed E-state index contributed by atoms with van der Waals surface area (Å²) in [5.74, 6) is 2.02. The maximum Gasteiger partial charge on any atom is 0.262 e. The summed E-state index contributed by atoms with van der Waals surface area (Å²) in [4.78, 5) is 15.1. The highest BCUT2D eigenvalue weighted by Crippen LogP contribution is 2.59. The fraction of sp³-hybridized carbons (Fsp3) is 0.550. The molecule has 1 saturated carbocycles. The average Bonchev–Trinajstić information content (AvgIpc) is 3.07. The molecule has 2 aromatic heterocycles. The molecule has 2 unspecified atom stereocenters. The van der Waals surface area contributed by atoms with Gasteiger partial charge in [0.25, 0.3) is 5.56 Å². The fourth-order valence-corrected chi connectivity index (χ4v) is 5.40. The van der Waals surface area contributed by atoms with Crippen LogP contribution in [0.4, 0.5) is 5.95 Å². The first-order chi connectivity index (χ1) is 12.7. The first kappa shape index (κ1) is 17.0. The largest absolute Gasteiger partial charge is 0.340 e. The summed E-state index contributed by atoms with van der Waals surface area (Å²) < 4.78 is 3.56. The zero-order chi connectivity index (χ0) is 19.1. The van der Waals surface area contributed by atoms with Gasteiger partial charge in [0, 0.05) is 25.2 Å². The second-order valence-electron chi connectivity index (χ2n) is 9.06. The fourth-order valence-electron chi connectivity index (χ4n) is 5.23. The van der Waals surface area contributed by atoms with Gasteiger partial charge in [0.05, 0.1) is 10.9 Å². The van der Waals surface area contributed by atoms with Crippen LogP contribution in [0, 0.1) is 16.7 Å². The Labute approximate surface area is 162 Å². The Morgan fingerprint density at radius 1 is 1.22 bits per heavy atom. The molecule has 1 aromatic carbocycles. The number of aromatic nitrogens is 4. The lowest BCUT2D eigenvalue weighted by Crippen LogP contribution is -2.52. The Bertz CT molecular complexity index is 1150. The van der Waals surface area contributed by atoms with Gasteiger partial charge in [-0.1, -0.05) is 32.4 Å². The van der Waals surface area contributed by atoms with E-state index in [1.54, 1.807) is 17.7 Å². The molecule has 6 nitrogen and oxygen atoms in total. The summed E-state index contributed by atoms with van der Waals surface area (Å²) in [6.45, 7) is 9.14.